The van der Waals surface area contributed by atoms with Gasteiger partial charge in [0.1, 0.15) is 5.82 Å². The minimum absolute atomic E-state index is 0.00456. The van der Waals surface area contributed by atoms with Gasteiger partial charge in [-0.05, 0) is 73.0 Å². The highest BCUT2D eigenvalue weighted by atomic mass is 19.1. The summed E-state index contributed by atoms with van der Waals surface area (Å²) < 4.78 is 13.6. The van der Waals surface area contributed by atoms with Gasteiger partial charge in [0.2, 0.25) is 5.91 Å². The lowest BCUT2D eigenvalue weighted by atomic mass is 9.41. The largest absolute Gasteiger partial charge is 0.340 e. The zero-order valence-corrected chi connectivity index (χ0v) is 15.9. The fourth-order valence-corrected chi connectivity index (χ4v) is 7.01. The van der Waals surface area contributed by atoms with Crippen molar-refractivity contribution in [3.05, 3.63) is 35.6 Å². The average molecular weight is 366 g/mol. The molecule has 4 heteroatoms. The van der Waals surface area contributed by atoms with Gasteiger partial charge in [-0.15, -0.1) is 0 Å². The molecule has 0 N–H and O–H groups in total. The maximum atomic E-state index is 13.6. The highest BCUT2D eigenvalue weighted by Crippen LogP contribution is 2.65. The fraction of sp³-hybridized carbons (Fsp3) is 0.652. The van der Waals surface area contributed by atoms with Gasteiger partial charge in [0.15, 0.2) is 0 Å². The molecule has 0 unspecified atom stereocenters. The molecule has 4 saturated carbocycles. The quantitative estimate of drug-likeness (QED) is 0.807. The van der Waals surface area contributed by atoms with Crippen LogP contribution in [0.25, 0.3) is 0 Å². The Morgan fingerprint density at radius 1 is 1.15 bits per heavy atom. The van der Waals surface area contributed by atoms with Gasteiger partial charge in [-0.2, -0.15) is 5.26 Å². The lowest BCUT2D eigenvalue weighted by molar-refractivity contribution is -0.146. The monoisotopic (exact) mass is 366 g/mol. The van der Waals surface area contributed by atoms with Gasteiger partial charge in [-0.1, -0.05) is 19.1 Å². The number of hydrogen-bond donors (Lipinski definition) is 0. The SMILES string of the molecule is CC1C2CC3CC1CC(C2)C3(CC(=O)N1CC(C#N)C1)c1ccc(F)cc1. The average Bonchev–Trinajstić information content (AvgIpc) is 2.59. The summed E-state index contributed by atoms with van der Waals surface area (Å²) in [6, 6.07) is 9.24. The van der Waals surface area contributed by atoms with Crippen molar-refractivity contribution in [1.82, 2.24) is 4.90 Å². The van der Waals surface area contributed by atoms with E-state index in [1.807, 2.05) is 17.0 Å². The molecule has 0 aromatic heterocycles. The maximum absolute atomic E-state index is 13.6. The van der Waals surface area contributed by atoms with Crippen molar-refractivity contribution in [2.45, 2.75) is 44.4 Å². The van der Waals surface area contributed by atoms with Crippen LogP contribution in [0, 0.1) is 52.7 Å². The molecular formula is C23H27FN2O. The highest BCUT2D eigenvalue weighted by molar-refractivity contribution is 5.79. The lowest BCUT2D eigenvalue weighted by Crippen LogP contribution is -2.60. The minimum Gasteiger partial charge on any atom is -0.340 e. The second kappa shape index (κ2) is 6.06. The van der Waals surface area contributed by atoms with Crippen molar-refractivity contribution in [2.24, 2.45) is 35.5 Å². The third-order valence-corrected chi connectivity index (χ3v) is 8.54. The zero-order chi connectivity index (χ0) is 18.8. The third-order valence-electron chi connectivity index (χ3n) is 8.54. The highest BCUT2D eigenvalue weighted by Gasteiger charge is 2.60. The molecule has 1 aromatic carbocycles. The van der Waals surface area contributed by atoms with Crippen molar-refractivity contribution in [1.29, 1.82) is 5.26 Å². The Labute approximate surface area is 160 Å². The summed E-state index contributed by atoms with van der Waals surface area (Å²) in [6.07, 6.45) is 5.36. The molecule has 0 atom stereocenters. The van der Waals surface area contributed by atoms with Crippen molar-refractivity contribution >= 4 is 5.91 Å². The number of halogens is 1. The number of rotatable bonds is 3. The van der Waals surface area contributed by atoms with Crippen molar-refractivity contribution in [3.63, 3.8) is 0 Å². The summed E-state index contributed by atoms with van der Waals surface area (Å²) in [6.45, 7) is 3.57. The summed E-state index contributed by atoms with van der Waals surface area (Å²) in [7, 11) is 0. The molecule has 1 aliphatic heterocycles. The molecule has 5 fully saturated rings. The molecule has 1 aromatic rings. The Morgan fingerprint density at radius 2 is 1.70 bits per heavy atom. The number of hydrogen-bond acceptors (Lipinski definition) is 2. The molecule has 3 nitrogen and oxygen atoms in total. The number of benzene rings is 1. The van der Waals surface area contributed by atoms with Crippen LogP contribution in [-0.2, 0) is 10.2 Å². The first-order chi connectivity index (χ1) is 13.0. The standard InChI is InChI=1S/C23H27FN2O/c1-14-16-6-19-8-17(14)9-20(7-16)23(19,18-2-4-21(24)5-3-18)10-22(27)26-12-15(11-25)13-26/h2-5,14-17,19-20H,6-10,12-13H2,1H3. The third kappa shape index (κ3) is 2.47. The number of carbonyl (C=O) groups is 1. The topological polar surface area (TPSA) is 44.1 Å². The number of nitrogens with zero attached hydrogens (tertiary/aromatic N) is 2. The van der Waals surface area contributed by atoms with E-state index in [0.29, 0.717) is 31.3 Å². The smallest absolute Gasteiger partial charge is 0.223 e. The molecule has 1 heterocycles. The Bertz CT molecular complexity index is 760. The van der Waals surface area contributed by atoms with Crippen LogP contribution in [-0.4, -0.2) is 23.9 Å². The van der Waals surface area contributed by atoms with E-state index in [2.05, 4.69) is 13.0 Å². The van der Waals surface area contributed by atoms with Gasteiger partial charge in [0, 0.05) is 24.9 Å². The Morgan fingerprint density at radius 3 is 2.22 bits per heavy atom. The van der Waals surface area contributed by atoms with Crippen LogP contribution in [0.3, 0.4) is 0 Å². The number of amides is 1. The molecular weight excluding hydrogens is 339 g/mol. The summed E-state index contributed by atoms with van der Waals surface area (Å²) in [5, 5.41) is 9.03. The number of carbonyl (C=O) groups excluding carboxylic acids is 1. The van der Waals surface area contributed by atoms with Crippen LogP contribution in [0.5, 0.6) is 0 Å². The van der Waals surface area contributed by atoms with E-state index in [-0.39, 0.29) is 23.1 Å². The van der Waals surface area contributed by atoms with Gasteiger partial charge in [-0.3, -0.25) is 4.79 Å². The molecule has 4 bridgehead atoms. The molecule has 142 valence electrons. The van der Waals surface area contributed by atoms with Gasteiger partial charge < -0.3 is 4.90 Å². The van der Waals surface area contributed by atoms with Gasteiger partial charge >= 0.3 is 0 Å². The zero-order valence-electron chi connectivity index (χ0n) is 15.9. The van der Waals surface area contributed by atoms with Crippen LogP contribution < -0.4 is 0 Å². The van der Waals surface area contributed by atoms with E-state index in [9.17, 15) is 9.18 Å². The van der Waals surface area contributed by atoms with Crippen LogP contribution in [0.4, 0.5) is 4.39 Å². The molecule has 5 aliphatic rings. The van der Waals surface area contributed by atoms with E-state index in [1.54, 1.807) is 12.1 Å². The second-order valence-electron chi connectivity index (χ2n) is 9.56. The predicted octanol–water partition coefficient (Wildman–Crippen LogP) is 4.14. The van der Waals surface area contributed by atoms with Crippen LogP contribution in [0.15, 0.2) is 24.3 Å². The molecule has 4 aliphatic carbocycles. The molecule has 1 saturated heterocycles. The van der Waals surface area contributed by atoms with E-state index in [4.69, 9.17) is 5.26 Å². The summed E-state index contributed by atoms with van der Waals surface area (Å²) in [5.74, 6) is 3.42. The predicted molar refractivity (Wildman–Crippen MR) is 100.0 cm³/mol. The Balaban J connectivity index is 1.49. The summed E-state index contributed by atoms with van der Waals surface area (Å²) in [5.41, 5.74) is 1.02. The van der Waals surface area contributed by atoms with Gasteiger partial charge in [0.25, 0.3) is 0 Å². The molecule has 0 spiro atoms. The summed E-state index contributed by atoms with van der Waals surface area (Å²) >= 11 is 0. The van der Waals surface area contributed by atoms with Crippen LogP contribution >= 0.6 is 0 Å². The lowest BCUT2D eigenvalue weighted by Gasteiger charge is -2.64. The van der Waals surface area contributed by atoms with Crippen molar-refractivity contribution in [3.8, 4) is 6.07 Å². The van der Waals surface area contributed by atoms with Crippen LogP contribution in [0.1, 0.15) is 44.6 Å². The Kier molecular flexibility index (Phi) is 3.86. The molecule has 0 radical (unpaired) electrons. The molecule has 1 amide bonds. The van der Waals surface area contributed by atoms with E-state index in [0.717, 1.165) is 23.3 Å². The first kappa shape index (κ1) is 17.2. The number of nitriles is 1. The van der Waals surface area contributed by atoms with Crippen molar-refractivity contribution in [2.75, 3.05) is 13.1 Å². The van der Waals surface area contributed by atoms with Crippen molar-refractivity contribution < 1.29 is 9.18 Å². The normalized spacial score (nSPS) is 39.9. The van der Waals surface area contributed by atoms with Gasteiger partial charge in [-0.25, -0.2) is 4.39 Å². The molecule has 27 heavy (non-hydrogen) atoms. The maximum Gasteiger partial charge on any atom is 0.223 e. The molecule has 6 rings (SSSR count). The first-order valence-electron chi connectivity index (χ1n) is 10.4. The second-order valence-corrected chi connectivity index (χ2v) is 9.56. The van der Waals surface area contributed by atoms with E-state index < -0.39 is 0 Å². The fourth-order valence-electron chi connectivity index (χ4n) is 7.01. The van der Waals surface area contributed by atoms with Crippen LogP contribution in [0.2, 0.25) is 0 Å². The first-order valence-corrected chi connectivity index (χ1v) is 10.4. The van der Waals surface area contributed by atoms with Gasteiger partial charge in [0.05, 0.1) is 12.0 Å². The van der Waals surface area contributed by atoms with E-state index >= 15 is 0 Å². The summed E-state index contributed by atoms with van der Waals surface area (Å²) in [4.78, 5) is 15.0. The van der Waals surface area contributed by atoms with E-state index in [1.165, 1.54) is 25.7 Å². The number of likely N-dealkylation sites (tertiary alicyclic amines) is 1. The minimum atomic E-state index is -0.211. The Hall–Kier alpha value is -1.89.